The van der Waals surface area contributed by atoms with Crippen molar-refractivity contribution < 1.29 is 5.11 Å². The molecule has 3 rings (SSSR count). The molecule has 0 bridgehead atoms. The quantitative estimate of drug-likeness (QED) is 0.769. The van der Waals surface area contributed by atoms with Crippen LogP contribution in [0.25, 0.3) is 11.0 Å². The highest BCUT2D eigenvalue weighted by atomic mass is 16.3. The molecule has 0 amide bonds. The van der Waals surface area contributed by atoms with E-state index >= 15 is 0 Å². The molecule has 0 aromatic carbocycles. The molecule has 16 heavy (non-hydrogen) atoms. The Labute approximate surface area is 94.5 Å². The molecule has 3 nitrogen and oxygen atoms in total. The number of aromatic amines is 1. The molecule has 1 aliphatic carbocycles. The number of nitrogens with zero attached hydrogens (tertiary/aromatic N) is 1. The van der Waals surface area contributed by atoms with Crippen LogP contribution in [0.2, 0.25) is 0 Å². The van der Waals surface area contributed by atoms with Gasteiger partial charge in [-0.25, -0.2) is 4.98 Å². The van der Waals surface area contributed by atoms with Crippen LogP contribution in [-0.2, 0) is 0 Å². The van der Waals surface area contributed by atoms with Crippen LogP contribution in [0.1, 0.15) is 37.3 Å². The summed E-state index contributed by atoms with van der Waals surface area (Å²) in [7, 11) is 0. The minimum absolute atomic E-state index is 0.0845. The van der Waals surface area contributed by atoms with Crippen molar-refractivity contribution in [2.45, 2.75) is 37.7 Å². The molecular formula is C13H16N2O. The summed E-state index contributed by atoms with van der Waals surface area (Å²) in [4.78, 5) is 7.69. The zero-order chi connectivity index (χ0) is 11.0. The van der Waals surface area contributed by atoms with Crippen LogP contribution in [0.4, 0.5) is 0 Å². The SMILES string of the molecule is OC1CCC(c2cc3cccnc3[nH]2)CC1. The number of rotatable bonds is 1. The van der Waals surface area contributed by atoms with Gasteiger partial charge >= 0.3 is 0 Å². The molecule has 2 aromatic heterocycles. The highest BCUT2D eigenvalue weighted by molar-refractivity contribution is 5.76. The van der Waals surface area contributed by atoms with Gasteiger partial charge < -0.3 is 10.1 Å². The van der Waals surface area contributed by atoms with E-state index in [1.165, 1.54) is 11.1 Å². The van der Waals surface area contributed by atoms with Crippen molar-refractivity contribution in [2.24, 2.45) is 0 Å². The Balaban J connectivity index is 1.88. The summed E-state index contributed by atoms with van der Waals surface area (Å²) in [6, 6.07) is 6.25. The molecule has 1 saturated carbocycles. The third-order valence-electron chi connectivity index (χ3n) is 3.55. The Kier molecular flexibility index (Phi) is 2.40. The van der Waals surface area contributed by atoms with Crippen LogP contribution in [0.3, 0.4) is 0 Å². The summed E-state index contributed by atoms with van der Waals surface area (Å²) in [5, 5.41) is 10.7. The first-order valence-corrected chi connectivity index (χ1v) is 5.94. The predicted molar refractivity (Wildman–Crippen MR) is 63.3 cm³/mol. The average Bonchev–Trinajstić information content (AvgIpc) is 2.73. The number of hydrogen-bond acceptors (Lipinski definition) is 2. The first-order valence-electron chi connectivity index (χ1n) is 5.94. The lowest BCUT2D eigenvalue weighted by molar-refractivity contribution is 0.122. The number of pyridine rings is 1. The summed E-state index contributed by atoms with van der Waals surface area (Å²) < 4.78 is 0. The second kappa shape index (κ2) is 3.91. The zero-order valence-electron chi connectivity index (χ0n) is 9.19. The van der Waals surface area contributed by atoms with E-state index in [0.717, 1.165) is 31.3 Å². The molecule has 1 fully saturated rings. The maximum absolute atomic E-state index is 9.49. The molecule has 0 atom stereocenters. The van der Waals surface area contributed by atoms with Gasteiger partial charge in [0.15, 0.2) is 0 Å². The number of nitrogens with one attached hydrogen (secondary N) is 1. The number of fused-ring (bicyclic) bond motifs is 1. The van der Waals surface area contributed by atoms with Crippen molar-refractivity contribution in [3.8, 4) is 0 Å². The van der Waals surface area contributed by atoms with Crippen molar-refractivity contribution in [1.82, 2.24) is 9.97 Å². The Hall–Kier alpha value is -1.35. The summed E-state index contributed by atoms with van der Waals surface area (Å²) in [6.45, 7) is 0. The molecule has 2 aromatic rings. The summed E-state index contributed by atoms with van der Waals surface area (Å²) in [5.74, 6) is 0.567. The molecule has 0 aliphatic heterocycles. The zero-order valence-corrected chi connectivity index (χ0v) is 9.19. The van der Waals surface area contributed by atoms with Crippen LogP contribution >= 0.6 is 0 Å². The first kappa shape index (κ1) is 9.85. The maximum Gasteiger partial charge on any atom is 0.137 e. The summed E-state index contributed by atoms with van der Waals surface area (Å²) >= 11 is 0. The van der Waals surface area contributed by atoms with E-state index in [1.54, 1.807) is 0 Å². The number of aliphatic hydroxyl groups is 1. The van der Waals surface area contributed by atoms with Gasteiger partial charge in [0.2, 0.25) is 0 Å². The van der Waals surface area contributed by atoms with Gasteiger partial charge in [0.05, 0.1) is 6.10 Å². The molecule has 0 saturated heterocycles. The van der Waals surface area contributed by atoms with E-state index in [-0.39, 0.29) is 6.10 Å². The fourth-order valence-corrected chi connectivity index (χ4v) is 2.59. The van der Waals surface area contributed by atoms with E-state index in [4.69, 9.17) is 0 Å². The fourth-order valence-electron chi connectivity index (χ4n) is 2.59. The molecule has 2 N–H and O–H groups in total. The van der Waals surface area contributed by atoms with Crippen molar-refractivity contribution in [1.29, 1.82) is 0 Å². The largest absolute Gasteiger partial charge is 0.393 e. The molecule has 0 unspecified atom stereocenters. The third-order valence-corrected chi connectivity index (χ3v) is 3.55. The number of H-pyrrole nitrogens is 1. The standard InChI is InChI=1S/C13H16N2O/c16-11-5-3-9(4-6-11)12-8-10-2-1-7-14-13(10)15-12/h1-2,7-9,11,16H,3-6H2,(H,14,15). The van der Waals surface area contributed by atoms with Gasteiger partial charge in [-0.2, -0.15) is 0 Å². The highest BCUT2D eigenvalue weighted by Gasteiger charge is 2.21. The van der Waals surface area contributed by atoms with Gasteiger partial charge in [-0.05, 0) is 49.8 Å². The first-order chi connectivity index (χ1) is 7.83. The Morgan fingerprint density at radius 1 is 1.25 bits per heavy atom. The molecule has 3 heteroatoms. The minimum atomic E-state index is -0.0845. The molecule has 0 spiro atoms. The lowest BCUT2D eigenvalue weighted by atomic mass is 9.85. The lowest BCUT2D eigenvalue weighted by Crippen LogP contribution is -2.17. The Morgan fingerprint density at radius 2 is 2.06 bits per heavy atom. The van der Waals surface area contributed by atoms with E-state index in [0.29, 0.717) is 5.92 Å². The molecular weight excluding hydrogens is 200 g/mol. The second-order valence-electron chi connectivity index (χ2n) is 4.67. The summed E-state index contributed by atoms with van der Waals surface area (Å²) in [6.07, 6.45) is 5.73. The van der Waals surface area contributed by atoms with Gasteiger partial charge in [-0.3, -0.25) is 0 Å². The van der Waals surface area contributed by atoms with Gasteiger partial charge in [-0.1, -0.05) is 0 Å². The van der Waals surface area contributed by atoms with Crippen molar-refractivity contribution in [3.05, 3.63) is 30.1 Å². The predicted octanol–water partition coefficient (Wildman–Crippen LogP) is 2.58. The van der Waals surface area contributed by atoms with Gasteiger partial charge in [-0.15, -0.1) is 0 Å². The van der Waals surface area contributed by atoms with E-state index in [2.05, 4.69) is 22.1 Å². The smallest absolute Gasteiger partial charge is 0.137 e. The van der Waals surface area contributed by atoms with Crippen LogP contribution in [-0.4, -0.2) is 21.2 Å². The minimum Gasteiger partial charge on any atom is -0.393 e. The molecule has 0 radical (unpaired) electrons. The highest BCUT2D eigenvalue weighted by Crippen LogP contribution is 2.33. The van der Waals surface area contributed by atoms with Crippen LogP contribution in [0.5, 0.6) is 0 Å². The number of aliphatic hydroxyl groups excluding tert-OH is 1. The third kappa shape index (κ3) is 1.71. The molecule has 84 valence electrons. The molecule has 1 aliphatic rings. The van der Waals surface area contributed by atoms with Crippen LogP contribution in [0, 0.1) is 0 Å². The Bertz CT molecular complexity index is 450. The van der Waals surface area contributed by atoms with Crippen LogP contribution < -0.4 is 0 Å². The van der Waals surface area contributed by atoms with Gasteiger partial charge in [0.25, 0.3) is 0 Å². The van der Waals surface area contributed by atoms with E-state index < -0.39 is 0 Å². The lowest BCUT2D eigenvalue weighted by Gasteiger charge is -2.24. The average molecular weight is 216 g/mol. The molecule has 2 heterocycles. The second-order valence-corrected chi connectivity index (χ2v) is 4.67. The van der Waals surface area contributed by atoms with Gasteiger partial charge in [0.1, 0.15) is 5.65 Å². The van der Waals surface area contributed by atoms with Crippen molar-refractivity contribution in [2.75, 3.05) is 0 Å². The monoisotopic (exact) mass is 216 g/mol. The topological polar surface area (TPSA) is 48.9 Å². The Morgan fingerprint density at radius 3 is 2.81 bits per heavy atom. The number of aromatic nitrogens is 2. The fraction of sp³-hybridized carbons (Fsp3) is 0.462. The van der Waals surface area contributed by atoms with E-state index in [9.17, 15) is 5.11 Å². The number of hydrogen-bond donors (Lipinski definition) is 2. The summed E-state index contributed by atoms with van der Waals surface area (Å²) in [5.41, 5.74) is 2.25. The maximum atomic E-state index is 9.49. The normalized spacial score (nSPS) is 26.1. The van der Waals surface area contributed by atoms with E-state index in [1.807, 2.05) is 12.3 Å². The van der Waals surface area contributed by atoms with Crippen LogP contribution in [0.15, 0.2) is 24.4 Å². The van der Waals surface area contributed by atoms with Crippen molar-refractivity contribution >= 4 is 11.0 Å². The van der Waals surface area contributed by atoms with Crippen molar-refractivity contribution in [3.63, 3.8) is 0 Å². The van der Waals surface area contributed by atoms with Gasteiger partial charge in [0, 0.05) is 17.3 Å².